The van der Waals surface area contributed by atoms with Crippen LogP contribution in [0.5, 0.6) is 0 Å². The van der Waals surface area contributed by atoms with Crippen molar-refractivity contribution >= 4 is 11.3 Å². The summed E-state index contributed by atoms with van der Waals surface area (Å²) in [5.41, 5.74) is 5.16. The minimum absolute atomic E-state index is 0.648. The molecule has 0 amide bonds. The maximum atomic E-state index is 4.58. The predicted molar refractivity (Wildman–Crippen MR) is 80.0 cm³/mol. The Hall–Kier alpha value is -2.43. The molecule has 0 aliphatic carbocycles. The summed E-state index contributed by atoms with van der Waals surface area (Å²) in [6.45, 7) is 4.18. The van der Waals surface area contributed by atoms with Gasteiger partial charge in [-0.05, 0) is 31.0 Å². The van der Waals surface area contributed by atoms with Crippen molar-refractivity contribution in [3.05, 3.63) is 42.0 Å². The summed E-state index contributed by atoms with van der Waals surface area (Å²) >= 11 is 0. The van der Waals surface area contributed by atoms with Crippen LogP contribution in [0.2, 0.25) is 0 Å². The summed E-state index contributed by atoms with van der Waals surface area (Å²) in [6.07, 6.45) is 7.66. The molecule has 0 N–H and O–H groups in total. The average molecular weight is 267 g/mol. The molecule has 0 aliphatic heterocycles. The van der Waals surface area contributed by atoms with Gasteiger partial charge in [-0.3, -0.25) is 0 Å². The molecule has 0 fully saturated rings. The van der Waals surface area contributed by atoms with E-state index in [2.05, 4.69) is 41.1 Å². The van der Waals surface area contributed by atoms with Crippen LogP contribution in [0.3, 0.4) is 0 Å². The van der Waals surface area contributed by atoms with Crippen molar-refractivity contribution in [2.24, 2.45) is 0 Å². The maximum absolute atomic E-state index is 4.58. The first kappa shape index (κ1) is 12.6. The van der Waals surface area contributed by atoms with E-state index >= 15 is 0 Å². The van der Waals surface area contributed by atoms with E-state index in [1.165, 1.54) is 11.1 Å². The molecule has 3 heterocycles. The van der Waals surface area contributed by atoms with Gasteiger partial charge >= 0.3 is 0 Å². The fraction of sp³-hybridized carbons (Fsp3) is 0.267. The maximum Gasteiger partial charge on any atom is 0.179 e. The van der Waals surface area contributed by atoms with Gasteiger partial charge in [-0.1, -0.05) is 0 Å². The van der Waals surface area contributed by atoms with Crippen LogP contribution < -0.4 is 4.90 Å². The highest BCUT2D eigenvalue weighted by molar-refractivity contribution is 5.57. The Labute approximate surface area is 117 Å². The van der Waals surface area contributed by atoms with Crippen LogP contribution >= 0.6 is 0 Å². The Morgan fingerprint density at radius 1 is 1.00 bits per heavy atom. The molecular formula is C15H17N5. The van der Waals surface area contributed by atoms with Gasteiger partial charge in [0.25, 0.3) is 0 Å². The zero-order valence-corrected chi connectivity index (χ0v) is 12.1. The summed E-state index contributed by atoms with van der Waals surface area (Å²) in [6, 6.07) is 2.08. The van der Waals surface area contributed by atoms with Crippen LogP contribution in [0.15, 0.2) is 30.9 Å². The van der Waals surface area contributed by atoms with Gasteiger partial charge in [0.05, 0.1) is 18.1 Å². The molecule has 0 saturated carbocycles. The third-order valence-electron chi connectivity index (χ3n) is 3.44. The Morgan fingerprint density at radius 2 is 1.70 bits per heavy atom. The van der Waals surface area contributed by atoms with Crippen molar-refractivity contribution in [3.8, 4) is 11.5 Å². The zero-order chi connectivity index (χ0) is 14.3. The fourth-order valence-corrected chi connectivity index (χ4v) is 2.03. The Bertz CT molecular complexity index is 717. The Kier molecular flexibility index (Phi) is 2.89. The smallest absolute Gasteiger partial charge is 0.179 e. The number of anilines is 1. The molecule has 0 spiro atoms. The molecule has 0 aromatic carbocycles. The van der Waals surface area contributed by atoms with Crippen LogP contribution in [0.25, 0.3) is 17.2 Å². The Morgan fingerprint density at radius 3 is 2.35 bits per heavy atom. The number of nitrogens with zero attached hydrogens (tertiary/aromatic N) is 5. The highest BCUT2D eigenvalue weighted by atomic mass is 15.1. The minimum Gasteiger partial charge on any atom is -0.375 e. The summed E-state index contributed by atoms with van der Waals surface area (Å²) in [5.74, 6) is 0.648. The summed E-state index contributed by atoms with van der Waals surface area (Å²) < 4.78 is 2.01. The molecule has 0 aliphatic rings. The second-order valence-corrected chi connectivity index (χ2v) is 5.19. The number of imidazole rings is 1. The molecule has 0 saturated heterocycles. The number of aromatic nitrogens is 4. The molecule has 0 unspecified atom stereocenters. The standard InChI is InChI=1S/C15H17N5/c1-10-5-14-18-13(9-20(14)8-11(10)2)15-16-6-12(7-17-15)19(3)4/h5-9H,1-4H3. The molecule has 3 rings (SSSR count). The molecule has 0 radical (unpaired) electrons. The van der Waals surface area contributed by atoms with E-state index in [0.717, 1.165) is 17.0 Å². The molecular weight excluding hydrogens is 250 g/mol. The number of fused-ring (bicyclic) bond motifs is 1. The number of rotatable bonds is 2. The second kappa shape index (κ2) is 4.59. The molecule has 3 aromatic heterocycles. The lowest BCUT2D eigenvalue weighted by molar-refractivity contribution is 1.07. The van der Waals surface area contributed by atoms with Crippen molar-refractivity contribution < 1.29 is 0 Å². The molecule has 0 bridgehead atoms. The molecule has 3 aromatic rings. The first-order chi connectivity index (χ1) is 9.54. The molecule has 5 heteroatoms. The van der Waals surface area contributed by atoms with Gasteiger partial charge in [0.2, 0.25) is 0 Å². The number of aryl methyl sites for hydroxylation is 2. The van der Waals surface area contributed by atoms with E-state index < -0.39 is 0 Å². The fourth-order valence-electron chi connectivity index (χ4n) is 2.03. The molecule has 102 valence electrons. The normalized spacial score (nSPS) is 11.0. The summed E-state index contributed by atoms with van der Waals surface area (Å²) in [7, 11) is 3.93. The average Bonchev–Trinajstić information content (AvgIpc) is 2.82. The van der Waals surface area contributed by atoms with E-state index in [0.29, 0.717) is 5.82 Å². The number of pyridine rings is 1. The first-order valence-electron chi connectivity index (χ1n) is 6.50. The van der Waals surface area contributed by atoms with Gasteiger partial charge in [-0.25, -0.2) is 15.0 Å². The van der Waals surface area contributed by atoms with E-state index in [9.17, 15) is 0 Å². The van der Waals surface area contributed by atoms with E-state index in [-0.39, 0.29) is 0 Å². The lowest BCUT2D eigenvalue weighted by Gasteiger charge is -2.10. The minimum atomic E-state index is 0.648. The van der Waals surface area contributed by atoms with Crippen molar-refractivity contribution in [1.82, 2.24) is 19.4 Å². The van der Waals surface area contributed by atoms with Crippen LogP contribution in [-0.2, 0) is 0 Å². The third kappa shape index (κ3) is 2.11. The zero-order valence-electron chi connectivity index (χ0n) is 12.1. The molecule has 0 atom stereocenters. The van der Waals surface area contributed by atoms with Gasteiger partial charge in [0.15, 0.2) is 5.82 Å². The lowest BCUT2D eigenvalue weighted by atomic mass is 10.2. The highest BCUT2D eigenvalue weighted by Crippen LogP contribution is 2.18. The topological polar surface area (TPSA) is 46.3 Å². The van der Waals surface area contributed by atoms with Gasteiger partial charge in [-0.15, -0.1) is 0 Å². The lowest BCUT2D eigenvalue weighted by Crippen LogP contribution is -2.09. The highest BCUT2D eigenvalue weighted by Gasteiger charge is 2.08. The van der Waals surface area contributed by atoms with E-state index in [4.69, 9.17) is 0 Å². The van der Waals surface area contributed by atoms with E-state index in [1.54, 1.807) is 0 Å². The Balaban J connectivity index is 2.05. The van der Waals surface area contributed by atoms with Crippen molar-refractivity contribution in [2.45, 2.75) is 13.8 Å². The number of hydrogen-bond donors (Lipinski definition) is 0. The van der Waals surface area contributed by atoms with Crippen LogP contribution in [0.1, 0.15) is 11.1 Å². The van der Waals surface area contributed by atoms with Crippen molar-refractivity contribution in [1.29, 1.82) is 0 Å². The van der Waals surface area contributed by atoms with Crippen molar-refractivity contribution in [2.75, 3.05) is 19.0 Å². The van der Waals surface area contributed by atoms with Crippen LogP contribution in [0, 0.1) is 13.8 Å². The van der Waals surface area contributed by atoms with Gasteiger partial charge in [-0.2, -0.15) is 0 Å². The van der Waals surface area contributed by atoms with Gasteiger partial charge in [0, 0.05) is 26.5 Å². The largest absolute Gasteiger partial charge is 0.375 e. The monoisotopic (exact) mass is 267 g/mol. The first-order valence-corrected chi connectivity index (χ1v) is 6.50. The summed E-state index contributed by atoms with van der Waals surface area (Å²) in [4.78, 5) is 15.3. The van der Waals surface area contributed by atoms with E-state index in [1.807, 2.05) is 42.0 Å². The quantitative estimate of drug-likeness (QED) is 0.715. The predicted octanol–water partition coefficient (Wildman–Crippen LogP) is 2.47. The van der Waals surface area contributed by atoms with Gasteiger partial charge in [0.1, 0.15) is 11.3 Å². The van der Waals surface area contributed by atoms with Crippen molar-refractivity contribution in [3.63, 3.8) is 0 Å². The van der Waals surface area contributed by atoms with Crippen LogP contribution in [0.4, 0.5) is 5.69 Å². The SMILES string of the molecule is Cc1cc2nc(-c3ncc(N(C)C)cn3)cn2cc1C. The third-order valence-corrected chi connectivity index (χ3v) is 3.44. The summed E-state index contributed by atoms with van der Waals surface area (Å²) in [5, 5.41) is 0. The number of hydrogen-bond acceptors (Lipinski definition) is 4. The molecule has 20 heavy (non-hydrogen) atoms. The van der Waals surface area contributed by atoms with Crippen LogP contribution in [-0.4, -0.2) is 33.4 Å². The second-order valence-electron chi connectivity index (χ2n) is 5.19. The molecule has 5 nitrogen and oxygen atoms in total. The van der Waals surface area contributed by atoms with Gasteiger partial charge < -0.3 is 9.30 Å².